The summed E-state index contributed by atoms with van der Waals surface area (Å²) in [5.41, 5.74) is 1.84. The molecule has 1 aliphatic carbocycles. The third kappa shape index (κ3) is 4.82. The quantitative estimate of drug-likeness (QED) is 0.391. The van der Waals surface area contributed by atoms with Crippen molar-refractivity contribution in [1.29, 1.82) is 0 Å². The van der Waals surface area contributed by atoms with Crippen molar-refractivity contribution in [2.24, 2.45) is 0 Å². The molecule has 1 aromatic carbocycles. The summed E-state index contributed by atoms with van der Waals surface area (Å²) in [5.74, 6) is 0.439. The number of anilines is 1. The summed E-state index contributed by atoms with van der Waals surface area (Å²) in [4.78, 5) is 30.6. The van der Waals surface area contributed by atoms with Crippen LogP contribution in [0.5, 0.6) is 5.88 Å². The number of hydrogen-bond donors (Lipinski definition) is 2. The number of H-pyrrole nitrogens is 1. The van der Waals surface area contributed by atoms with E-state index < -0.39 is 12.0 Å². The van der Waals surface area contributed by atoms with E-state index in [1.165, 1.54) is 6.20 Å². The standard InChI is InChI=1S/C23H22ClN7O3/c1-13-9-26-19(11-25-13)28-22(32)18(12-33-14-5-4-6-14)34-23-16-10-27-31-21(16)29-20(30-23)15-7-2-3-8-17(15)24/h2-3,7-11,14,18H,4-6,12H2,1H3,(H,26,28,32)(H,27,29,30,31)/t18-/m0/s1. The monoisotopic (exact) mass is 479 g/mol. The van der Waals surface area contributed by atoms with Crippen molar-refractivity contribution in [1.82, 2.24) is 30.1 Å². The molecule has 1 atom stereocenters. The van der Waals surface area contributed by atoms with Gasteiger partial charge in [0.05, 0.1) is 42.0 Å². The van der Waals surface area contributed by atoms with E-state index in [9.17, 15) is 4.79 Å². The molecular formula is C23H22ClN7O3. The largest absolute Gasteiger partial charge is 0.461 e. The van der Waals surface area contributed by atoms with E-state index in [2.05, 4.69) is 35.5 Å². The number of aromatic amines is 1. The molecule has 3 aromatic heterocycles. The van der Waals surface area contributed by atoms with Crippen LogP contribution in [0, 0.1) is 6.92 Å². The summed E-state index contributed by atoms with van der Waals surface area (Å²) < 4.78 is 12.0. The topological polar surface area (TPSA) is 128 Å². The molecule has 5 rings (SSSR count). The van der Waals surface area contributed by atoms with Crippen LogP contribution in [0.25, 0.3) is 22.4 Å². The molecule has 1 amide bonds. The Bertz CT molecular complexity index is 1310. The molecular weight excluding hydrogens is 458 g/mol. The zero-order valence-corrected chi connectivity index (χ0v) is 19.1. The lowest BCUT2D eigenvalue weighted by atomic mass is 9.96. The first kappa shape index (κ1) is 22.2. The number of halogens is 1. The average molecular weight is 480 g/mol. The Morgan fingerprint density at radius 1 is 1.21 bits per heavy atom. The fourth-order valence-corrected chi connectivity index (χ4v) is 3.60. The molecule has 1 fully saturated rings. The molecule has 1 aliphatic rings. The van der Waals surface area contributed by atoms with Gasteiger partial charge in [-0.3, -0.25) is 14.9 Å². The molecule has 34 heavy (non-hydrogen) atoms. The fraction of sp³-hybridized carbons (Fsp3) is 0.304. The summed E-state index contributed by atoms with van der Waals surface area (Å²) in [6.07, 6.45) is 6.80. The van der Waals surface area contributed by atoms with Gasteiger partial charge >= 0.3 is 0 Å². The molecule has 4 aromatic rings. The minimum atomic E-state index is -0.990. The number of carbonyl (C=O) groups excluding carboxylic acids is 1. The van der Waals surface area contributed by atoms with Gasteiger partial charge in [-0.05, 0) is 38.3 Å². The van der Waals surface area contributed by atoms with Gasteiger partial charge in [-0.1, -0.05) is 23.7 Å². The van der Waals surface area contributed by atoms with Crippen LogP contribution in [-0.4, -0.2) is 54.9 Å². The van der Waals surface area contributed by atoms with E-state index in [1.807, 2.05) is 25.1 Å². The summed E-state index contributed by atoms with van der Waals surface area (Å²) in [6.45, 7) is 1.87. The maximum Gasteiger partial charge on any atom is 0.269 e. The number of hydrogen-bond acceptors (Lipinski definition) is 8. The highest BCUT2D eigenvalue weighted by Gasteiger charge is 2.27. The van der Waals surface area contributed by atoms with Crippen LogP contribution in [0.1, 0.15) is 25.0 Å². The molecule has 10 nitrogen and oxygen atoms in total. The van der Waals surface area contributed by atoms with E-state index in [1.54, 1.807) is 18.5 Å². The summed E-state index contributed by atoms with van der Waals surface area (Å²) in [6, 6.07) is 7.23. The molecule has 0 saturated heterocycles. The van der Waals surface area contributed by atoms with E-state index in [-0.39, 0.29) is 18.6 Å². The number of rotatable bonds is 8. The number of nitrogens with zero attached hydrogens (tertiary/aromatic N) is 5. The van der Waals surface area contributed by atoms with Crippen molar-refractivity contribution in [3.63, 3.8) is 0 Å². The van der Waals surface area contributed by atoms with Gasteiger partial charge in [0.1, 0.15) is 5.39 Å². The minimum absolute atomic E-state index is 0.0561. The second kappa shape index (κ2) is 9.70. The number of aromatic nitrogens is 6. The lowest BCUT2D eigenvalue weighted by Gasteiger charge is -2.27. The summed E-state index contributed by atoms with van der Waals surface area (Å²) in [5, 5.41) is 10.7. The van der Waals surface area contributed by atoms with Crippen molar-refractivity contribution in [3.8, 4) is 17.3 Å². The molecule has 0 bridgehead atoms. The number of aryl methyl sites for hydroxylation is 1. The number of ether oxygens (including phenoxy) is 2. The highest BCUT2D eigenvalue weighted by Crippen LogP contribution is 2.30. The highest BCUT2D eigenvalue weighted by molar-refractivity contribution is 6.33. The van der Waals surface area contributed by atoms with Gasteiger partial charge < -0.3 is 14.8 Å². The maximum atomic E-state index is 13.1. The smallest absolute Gasteiger partial charge is 0.269 e. The van der Waals surface area contributed by atoms with Crippen LogP contribution in [0.4, 0.5) is 5.82 Å². The predicted octanol–water partition coefficient (Wildman–Crippen LogP) is 3.73. The van der Waals surface area contributed by atoms with E-state index in [0.29, 0.717) is 33.3 Å². The van der Waals surface area contributed by atoms with Crippen LogP contribution in [0.15, 0.2) is 42.9 Å². The number of nitrogens with one attached hydrogen (secondary N) is 2. The number of amides is 1. The normalized spacial score (nSPS) is 14.5. The van der Waals surface area contributed by atoms with Gasteiger partial charge in [0, 0.05) is 5.56 Å². The molecule has 0 spiro atoms. The summed E-state index contributed by atoms with van der Waals surface area (Å²) in [7, 11) is 0. The Morgan fingerprint density at radius 2 is 2.06 bits per heavy atom. The Hall–Kier alpha value is -3.63. The van der Waals surface area contributed by atoms with Crippen molar-refractivity contribution in [2.45, 2.75) is 38.4 Å². The van der Waals surface area contributed by atoms with Crippen molar-refractivity contribution < 1.29 is 14.3 Å². The minimum Gasteiger partial charge on any atom is -0.461 e. The second-order valence-corrected chi connectivity index (χ2v) is 8.40. The van der Waals surface area contributed by atoms with Gasteiger partial charge in [-0.2, -0.15) is 10.1 Å². The summed E-state index contributed by atoms with van der Waals surface area (Å²) >= 11 is 6.36. The third-order valence-electron chi connectivity index (χ3n) is 5.50. The Kier molecular flexibility index (Phi) is 6.33. The first-order chi connectivity index (χ1) is 16.6. The Balaban J connectivity index is 1.45. The van der Waals surface area contributed by atoms with E-state index in [4.69, 9.17) is 21.1 Å². The van der Waals surface area contributed by atoms with Crippen LogP contribution in [-0.2, 0) is 9.53 Å². The number of fused-ring (bicyclic) bond motifs is 1. The van der Waals surface area contributed by atoms with Crippen LogP contribution in [0.3, 0.4) is 0 Å². The molecule has 11 heteroatoms. The zero-order valence-electron chi connectivity index (χ0n) is 18.4. The number of carbonyl (C=O) groups is 1. The fourth-order valence-electron chi connectivity index (χ4n) is 3.38. The second-order valence-electron chi connectivity index (χ2n) is 7.99. The van der Waals surface area contributed by atoms with Gasteiger partial charge in [0.2, 0.25) is 12.0 Å². The zero-order chi connectivity index (χ0) is 23.5. The molecule has 0 aliphatic heterocycles. The van der Waals surface area contributed by atoms with E-state index >= 15 is 0 Å². The SMILES string of the molecule is Cc1cnc(NC(=O)[C@H](COC2CCC2)Oc2nc(-c3ccccc3Cl)nc3[nH]ncc23)cn1. The van der Waals surface area contributed by atoms with Gasteiger partial charge in [-0.15, -0.1) is 0 Å². The van der Waals surface area contributed by atoms with Crippen molar-refractivity contribution >= 4 is 34.4 Å². The highest BCUT2D eigenvalue weighted by atomic mass is 35.5. The molecule has 0 unspecified atom stereocenters. The van der Waals surface area contributed by atoms with Crippen molar-refractivity contribution in [2.75, 3.05) is 11.9 Å². The average Bonchev–Trinajstić information content (AvgIpc) is 3.28. The van der Waals surface area contributed by atoms with E-state index in [0.717, 1.165) is 25.0 Å². The van der Waals surface area contributed by atoms with Crippen molar-refractivity contribution in [3.05, 3.63) is 53.6 Å². The van der Waals surface area contributed by atoms with Crippen LogP contribution in [0.2, 0.25) is 5.02 Å². The van der Waals surface area contributed by atoms with Gasteiger partial charge in [0.15, 0.2) is 17.3 Å². The lowest BCUT2D eigenvalue weighted by Crippen LogP contribution is -2.39. The van der Waals surface area contributed by atoms with Gasteiger partial charge in [0.25, 0.3) is 5.91 Å². The molecule has 0 radical (unpaired) electrons. The predicted molar refractivity (Wildman–Crippen MR) is 126 cm³/mol. The molecule has 3 heterocycles. The maximum absolute atomic E-state index is 13.1. The Labute approximate surface area is 200 Å². The molecule has 174 valence electrons. The van der Waals surface area contributed by atoms with Crippen LogP contribution < -0.4 is 10.1 Å². The first-order valence-corrected chi connectivity index (χ1v) is 11.3. The Morgan fingerprint density at radius 3 is 2.79 bits per heavy atom. The van der Waals surface area contributed by atoms with Gasteiger partial charge in [-0.25, -0.2) is 9.97 Å². The molecule has 2 N–H and O–H groups in total. The lowest BCUT2D eigenvalue weighted by molar-refractivity contribution is -0.128. The third-order valence-corrected chi connectivity index (χ3v) is 5.83. The molecule has 1 saturated carbocycles. The number of benzene rings is 1. The van der Waals surface area contributed by atoms with Crippen LogP contribution >= 0.6 is 11.6 Å². The first-order valence-electron chi connectivity index (χ1n) is 10.9.